The molecule has 0 radical (unpaired) electrons. The Morgan fingerprint density at radius 3 is 2.77 bits per heavy atom. The van der Waals surface area contributed by atoms with E-state index in [1.165, 1.54) is 17.2 Å². The summed E-state index contributed by atoms with van der Waals surface area (Å²) in [4.78, 5) is 28.5. The van der Waals surface area contributed by atoms with Gasteiger partial charge in [0.15, 0.2) is 5.82 Å². The highest BCUT2D eigenvalue weighted by atomic mass is 16.2. The van der Waals surface area contributed by atoms with Crippen molar-refractivity contribution in [2.45, 2.75) is 18.9 Å². The largest absolute Gasteiger partial charge is 0.347 e. The van der Waals surface area contributed by atoms with Crippen LogP contribution < -0.4 is 5.32 Å². The molecule has 2 aromatic rings. The summed E-state index contributed by atoms with van der Waals surface area (Å²) < 4.78 is 1.36. The number of hydrogen-bond acceptors (Lipinski definition) is 6. The monoisotopic (exact) mass is 359 g/mol. The molecule has 2 aliphatic rings. The summed E-state index contributed by atoms with van der Waals surface area (Å²) >= 11 is 0. The van der Waals surface area contributed by atoms with Crippen molar-refractivity contribution in [3.8, 4) is 5.82 Å². The Morgan fingerprint density at radius 1 is 1.31 bits per heavy atom. The van der Waals surface area contributed by atoms with Crippen molar-refractivity contribution in [1.82, 2.24) is 45.5 Å². The van der Waals surface area contributed by atoms with Crippen molar-refractivity contribution in [3.05, 3.63) is 18.1 Å². The van der Waals surface area contributed by atoms with E-state index in [1.807, 2.05) is 4.90 Å². The van der Waals surface area contributed by atoms with E-state index >= 15 is 0 Å². The molecule has 3 amide bonds. The zero-order valence-electron chi connectivity index (χ0n) is 14.7. The fourth-order valence-electron chi connectivity index (χ4n) is 3.55. The molecule has 2 N–H and O–H groups in total. The summed E-state index contributed by atoms with van der Waals surface area (Å²) in [6.07, 6.45) is 5.16. The topological polar surface area (TPSA) is 125 Å². The van der Waals surface area contributed by atoms with Crippen LogP contribution in [-0.2, 0) is 0 Å². The number of carbonyl (C=O) groups excluding carboxylic acids is 2. The number of hydrogen-bond donors (Lipinski definition) is 2. The molecule has 2 fully saturated rings. The Balaban J connectivity index is 1.50. The number of nitrogens with one attached hydrogen (secondary N) is 2. The summed E-state index contributed by atoms with van der Waals surface area (Å²) in [6, 6.07) is -0.0967. The van der Waals surface area contributed by atoms with Crippen molar-refractivity contribution < 1.29 is 9.59 Å². The molecule has 1 aliphatic heterocycles. The molecule has 1 saturated heterocycles. The maximum Gasteiger partial charge on any atom is 0.319 e. The number of likely N-dealkylation sites (tertiary alicyclic amines) is 1. The second kappa shape index (κ2) is 6.39. The Labute approximate surface area is 149 Å². The van der Waals surface area contributed by atoms with E-state index in [0.29, 0.717) is 30.4 Å². The van der Waals surface area contributed by atoms with Gasteiger partial charge in [-0.1, -0.05) is 0 Å². The number of urea groups is 1. The second-order valence-electron chi connectivity index (χ2n) is 7.05. The Bertz CT molecular complexity index is 796. The van der Waals surface area contributed by atoms with E-state index in [4.69, 9.17) is 0 Å². The zero-order chi connectivity index (χ0) is 18.3. The number of rotatable bonds is 4. The summed E-state index contributed by atoms with van der Waals surface area (Å²) in [5.74, 6) is 1.02. The molecule has 11 heteroatoms. The Kier molecular flexibility index (Phi) is 4.05. The van der Waals surface area contributed by atoms with Gasteiger partial charge in [-0.05, 0) is 29.2 Å². The number of nitrogens with zero attached hydrogens (tertiary/aromatic N) is 7. The van der Waals surface area contributed by atoms with Gasteiger partial charge in [0, 0.05) is 33.1 Å². The van der Waals surface area contributed by atoms with Crippen LogP contribution >= 0.6 is 0 Å². The summed E-state index contributed by atoms with van der Waals surface area (Å²) in [6.45, 7) is 1.19. The lowest BCUT2D eigenvalue weighted by Crippen LogP contribution is -2.43. The van der Waals surface area contributed by atoms with Gasteiger partial charge < -0.3 is 15.1 Å². The summed E-state index contributed by atoms with van der Waals surface area (Å²) in [5.41, 5.74) is 0.365. The lowest BCUT2D eigenvalue weighted by atomic mass is 9.98. The molecule has 0 bridgehead atoms. The molecule has 26 heavy (non-hydrogen) atoms. The smallest absolute Gasteiger partial charge is 0.319 e. The molecule has 1 aliphatic carbocycles. The fraction of sp³-hybridized carbons (Fsp3) is 0.600. The number of amides is 3. The minimum Gasteiger partial charge on any atom is -0.347 e. The van der Waals surface area contributed by atoms with Crippen LogP contribution in [0.15, 0.2) is 12.5 Å². The summed E-state index contributed by atoms with van der Waals surface area (Å²) in [7, 11) is 3.48. The molecule has 0 unspecified atom stereocenters. The van der Waals surface area contributed by atoms with Gasteiger partial charge in [0.1, 0.15) is 11.9 Å². The number of H-pyrrole nitrogens is 1. The van der Waals surface area contributed by atoms with E-state index in [1.54, 1.807) is 19.0 Å². The van der Waals surface area contributed by atoms with Crippen LogP contribution in [0.3, 0.4) is 0 Å². The van der Waals surface area contributed by atoms with Crippen molar-refractivity contribution in [3.63, 3.8) is 0 Å². The molecular formula is C15H21N9O2. The predicted molar refractivity (Wildman–Crippen MR) is 89.4 cm³/mol. The number of aromatic nitrogens is 6. The SMILES string of the molecule is CN(C)C(=O)N1C[C@H](NC(=O)c2cn[nH]c2-n2cnnn2)[C@@H](C2CC2)C1. The first-order valence-electron chi connectivity index (χ1n) is 8.58. The zero-order valence-corrected chi connectivity index (χ0v) is 14.7. The van der Waals surface area contributed by atoms with Crippen molar-refractivity contribution in [2.24, 2.45) is 11.8 Å². The van der Waals surface area contributed by atoms with Crippen molar-refractivity contribution >= 4 is 11.9 Å². The molecular weight excluding hydrogens is 338 g/mol. The first-order valence-corrected chi connectivity index (χ1v) is 8.58. The molecule has 138 valence electrons. The standard InChI is InChI=1S/C15H21N9O2/c1-22(2)15(26)23-6-11(9-3-4-9)12(7-23)18-14(25)10-5-16-19-13(10)24-8-17-20-21-24/h5,8-9,11-12H,3-4,6-7H2,1-2H3,(H,16,19)(H,18,25)/t11-,12+/m1/s1. The lowest BCUT2D eigenvalue weighted by Gasteiger charge is -2.21. The third-order valence-corrected chi connectivity index (χ3v) is 5.00. The third kappa shape index (κ3) is 3.00. The van der Waals surface area contributed by atoms with E-state index in [0.717, 1.165) is 12.8 Å². The van der Waals surface area contributed by atoms with Crippen LogP contribution in [-0.4, -0.2) is 85.4 Å². The quantitative estimate of drug-likeness (QED) is 0.759. The van der Waals surface area contributed by atoms with Crippen LogP contribution in [0.4, 0.5) is 4.79 Å². The highest BCUT2D eigenvalue weighted by Gasteiger charge is 2.44. The van der Waals surface area contributed by atoms with Gasteiger partial charge in [-0.3, -0.25) is 9.89 Å². The van der Waals surface area contributed by atoms with Gasteiger partial charge >= 0.3 is 6.03 Å². The van der Waals surface area contributed by atoms with Gasteiger partial charge in [0.25, 0.3) is 5.91 Å². The Hall–Kier alpha value is -2.98. The minimum absolute atomic E-state index is 0.0231. The van der Waals surface area contributed by atoms with Gasteiger partial charge in [-0.25, -0.2) is 4.79 Å². The molecule has 1 saturated carbocycles. The number of tetrazole rings is 1. The maximum atomic E-state index is 12.8. The van der Waals surface area contributed by atoms with E-state index in [9.17, 15) is 9.59 Å². The van der Waals surface area contributed by atoms with Crippen molar-refractivity contribution in [1.29, 1.82) is 0 Å². The van der Waals surface area contributed by atoms with Gasteiger partial charge in [-0.2, -0.15) is 9.78 Å². The molecule has 11 nitrogen and oxygen atoms in total. The molecule has 2 aromatic heterocycles. The van der Waals surface area contributed by atoms with Crippen LogP contribution in [0.25, 0.3) is 5.82 Å². The van der Waals surface area contributed by atoms with E-state index < -0.39 is 0 Å². The van der Waals surface area contributed by atoms with Crippen LogP contribution in [0.5, 0.6) is 0 Å². The molecule has 2 atom stereocenters. The highest BCUT2D eigenvalue weighted by Crippen LogP contribution is 2.41. The summed E-state index contributed by atoms with van der Waals surface area (Å²) in [5, 5.41) is 20.7. The third-order valence-electron chi connectivity index (χ3n) is 5.00. The average molecular weight is 359 g/mol. The molecule has 0 aromatic carbocycles. The number of aromatic amines is 1. The average Bonchev–Trinajstić information content (AvgIpc) is 3.06. The number of carbonyl (C=O) groups is 2. The van der Waals surface area contributed by atoms with Crippen LogP contribution in [0.2, 0.25) is 0 Å². The van der Waals surface area contributed by atoms with Crippen molar-refractivity contribution in [2.75, 3.05) is 27.2 Å². The van der Waals surface area contributed by atoms with E-state index in [-0.39, 0.29) is 23.9 Å². The predicted octanol–water partition coefficient (Wildman–Crippen LogP) is -0.493. The highest BCUT2D eigenvalue weighted by molar-refractivity contribution is 5.97. The van der Waals surface area contributed by atoms with Gasteiger partial charge in [-0.15, -0.1) is 5.10 Å². The van der Waals surface area contributed by atoms with Crippen LogP contribution in [0.1, 0.15) is 23.2 Å². The fourth-order valence-corrected chi connectivity index (χ4v) is 3.55. The maximum absolute atomic E-state index is 12.8. The van der Waals surface area contributed by atoms with Gasteiger partial charge in [0.05, 0.1) is 12.2 Å². The lowest BCUT2D eigenvalue weighted by molar-refractivity contribution is 0.0927. The minimum atomic E-state index is -0.251. The first kappa shape index (κ1) is 16.5. The van der Waals surface area contributed by atoms with Crippen LogP contribution in [0, 0.1) is 11.8 Å². The molecule has 3 heterocycles. The van der Waals surface area contributed by atoms with Gasteiger partial charge in [0.2, 0.25) is 0 Å². The second-order valence-corrected chi connectivity index (χ2v) is 7.05. The Morgan fingerprint density at radius 2 is 2.12 bits per heavy atom. The normalized spacial score (nSPS) is 22.5. The molecule has 0 spiro atoms. The molecule has 4 rings (SSSR count). The first-order chi connectivity index (χ1) is 12.5. The van der Waals surface area contributed by atoms with E-state index in [2.05, 4.69) is 31.0 Å².